The number of carbonyl (C=O) groups excluding carboxylic acids is 1. The summed E-state index contributed by atoms with van der Waals surface area (Å²) in [6.07, 6.45) is 4.88. The van der Waals surface area contributed by atoms with Crippen molar-refractivity contribution >= 4 is 17.5 Å². The molecule has 6 atom stereocenters. The molecule has 1 saturated heterocycles. The zero-order chi connectivity index (χ0) is 34.6. The molecule has 2 aromatic carbocycles. The molecule has 9 heteroatoms. The number of hydrogen-bond donors (Lipinski definition) is 0. The minimum absolute atomic E-state index is 0.131. The van der Waals surface area contributed by atoms with E-state index < -0.39 is 18.5 Å². The van der Waals surface area contributed by atoms with Crippen LogP contribution in [-0.2, 0) is 17.8 Å². The molecular formula is C40H52F5NO2S. The minimum Gasteiger partial charge on any atom is -0.489 e. The number of rotatable bonds is 15. The molecule has 0 N–H and O–H groups in total. The summed E-state index contributed by atoms with van der Waals surface area (Å²) in [5, 5.41) is 0. The fourth-order valence-electron chi connectivity index (χ4n) is 9.69. The van der Waals surface area contributed by atoms with E-state index >= 15 is 0 Å². The number of halogens is 5. The standard InChI is InChI=1S/C40H52F5NO2S/c1-38-20-18-34-33-15-14-32(48-26-28-10-4-2-5-11-28)25-30(33)24-29(37(34)35(38)16-17-36(38)47)12-6-3-7-21-46-22-8-13-31(46)27-49-23-9-19-39(41,42)40(43,44)45/h2,4-5,10-11,14-15,25,29,31,34-35,37H,3,6-9,12-13,16-24,26-27H2,1H3/t29-,31+,34-,35+,37-,38+/m1/s1. The molecule has 3 aliphatic carbocycles. The van der Waals surface area contributed by atoms with E-state index in [9.17, 15) is 26.7 Å². The molecule has 0 bridgehead atoms. The van der Waals surface area contributed by atoms with Crippen LogP contribution in [-0.4, -0.2) is 53.4 Å². The number of Topliss-reactive ketones (excluding diaryl/α,β-unsaturated/α-hetero) is 1. The van der Waals surface area contributed by atoms with Crippen molar-refractivity contribution in [2.45, 2.75) is 121 Å². The predicted molar refractivity (Wildman–Crippen MR) is 186 cm³/mol. The smallest absolute Gasteiger partial charge is 0.453 e. The number of hydrogen-bond acceptors (Lipinski definition) is 4. The average molecular weight is 706 g/mol. The van der Waals surface area contributed by atoms with Crippen molar-refractivity contribution in [2.24, 2.45) is 23.2 Å². The van der Waals surface area contributed by atoms with Crippen molar-refractivity contribution in [1.82, 2.24) is 4.90 Å². The first-order valence-corrected chi connectivity index (χ1v) is 19.7. The second-order valence-corrected chi connectivity index (χ2v) is 16.5. The van der Waals surface area contributed by atoms with E-state index in [1.807, 2.05) is 18.2 Å². The van der Waals surface area contributed by atoms with Gasteiger partial charge in [0.2, 0.25) is 0 Å². The van der Waals surface area contributed by atoms with Crippen LogP contribution >= 0.6 is 11.8 Å². The number of fused-ring (bicyclic) bond motifs is 5. The summed E-state index contributed by atoms with van der Waals surface area (Å²) in [7, 11) is 0. The average Bonchev–Trinajstić information content (AvgIpc) is 3.65. The molecule has 1 aliphatic heterocycles. The number of unbranched alkanes of at least 4 members (excludes halogenated alkanes) is 2. The van der Waals surface area contributed by atoms with Crippen LogP contribution in [0.25, 0.3) is 0 Å². The van der Waals surface area contributed by atoms with Crippen LogP contribution in [0.5, 0.6) is 5.75 Å². The quantitative estimate of drug-likeness (QED) is 0.136. The molecule has 0 radical (unpaired) electrons. The van der Waals surface area contributed by atoms with Crippen LogP contribution in [0.4, 0.5) is 22.0 Å². The molecule has 0 aromatic heterocycles. The predicted octanol–water partition coefficient (Wildman–Crippen LogP) is 10.7. The molecule has 0 spiro atoms. The highest BCUT2D eigenvalue weighted by Gasteiger charge is 2.57. The van der Waals surface area contributed by atoms with E-state index in [0.717, 1.165) is 101 Å². The van der Waals surface area contributed by atoms with Gasteiger partial charge in [-0.1, -0.05) is 56.2 Å². The van der Waals surface area contributed by atoms with E-state index in [-0.39, 0.29) is 11.8 Å². The lowest BCUT2D eigenvalue weighted by Crippen LogP contribution is -2.46. The van der Waals surface area contributed by atoms with Gasteiger partial charge >= 0.3 is 12.1 Å². The summed E-state index contributed by atoms with van der Waals surface area (Å²) in [4.78, 5) is 15.6. The topological polar surface area (TPSA) is 29.5 Å². The van der Waals surface area contributed by atoms with Gasteiger partial charge in [-0.15, -0.1) is 0 Å². The summed E-state index contributed by atoms with van der Waals surface area (Å²) in [6, 6.07) is 17.4. The van der Waals surface area contributed by atoms with E-state index in [2.05, 4.69) is 42.2 Å². The second kappa shape index (κ2) is 15.6. The van der Waals surface area contributed by atoms with Crippen molar-refractivity contribution in [3.8, 4) is 5.75 Å². The van der Waals surface area contributed by atoms with Gasteiger partial charge in [-0.05, 0) is 129 Å². The molecule has 49 heavy (non-hydrogen) atoms. The molecular weight excluding hydrogens is 654 g/mol. The van der Waals surface area contributed by atoms with E-state index in [4.69, 9.17) is 4.74 Å². The first-order chi connectivity index (χ1) is 23.5. The number of ether oxygens (including phenoxy) is 1. The number of likely N-dealkylation sites (tertiary alicyclic amines) is 1. The molecule has 1 heterocycles. The number of carbonyl (C=O) groups is 1. The lowest BCUT2D eigenvalue weighted by Gasteiger charge is -2.51. The van der Waals surface area contributed by atoms with Crippen molar-refractivity contribution in [3.63, 3.8) is 0 Å². The molecule has 3 fully saturated rings. The van der Waals surface area contributed by atoms with Crippen LogP contribution in [0.1, 0.15) is 107 Å². The Kier molecular flexibility index (Phi) is 11.7. The van der Waals surface area contributed by atoms with Gasteiger partial charge in [0.25, 0.3) is 0 Å². The summed E-state index contributed by atoms with van der Waals surface area (Å²) < 4.78 is 70.0. The third-order valence-electron chi connectivity index (χ3n) is 12.4. The molecule has 270 valence electrons. The third-order valence-corrected chi connectivity index (χ3v) is 13.6. The Bertz CT molecular complexity index is 1400. The Labute approximate surface area is 293 Å². The summed E-state index contributed by atoms with van der Waals surface area (Å²) >= 11 is 1.51. The van der Waals surface area contributed by atoms with Crippen molar-refractivity contribution in [2.75, 3.05) is 24.6 Å². The highest BCUT2D eigenvalue weighted by atomic mass is 32.2. The van der Waals surface area contributed by atoms with Crippen molar-refractivity contribution in [1.29, 1.82) is 0 Å². The van der Waals surface area contributed by atoms with Crippen molar-refractivity contribution < 1.29 is 31.5 Å². The largest absolute Gasteiger partial charge is 0.489 e. The minimum atomic E-state index is -5.46. The Morgan fingerprint density at radius 3 is 2.59 bits per heavy atom. The highest BCUT2D eigenvalue weighted by molar-refractivity contribution is 7.99. The Morgan fingerprint density at radius 2 is 1.80 bits per heavy atom. The van der Waals surface area contributed by atoms with Crippen molar-refractivity contribution in [3.05, 3.63) is 65.2 Å². The molecule has 0 amide bonds. The van der Waals surface area contributed by atoms with Gasteiger partial charge < -0.3 is 4.74 Å². The third kappa shape index (κ3) is 8.34. The fraction of sp³-hybridized carbons (Fsp3) is 0.675. The molecule has 4 aliphatic rings. The normalized spacial score (nSPS) is 28.7. The van der Waals surface area contributed by atoms with Crippen LogP contribution < -0.4 is 4.74 Å². The molecule has 2 saturated carbocycles. The van der Waals surface area contributed by atoms with Gasteiger partial charge in [0, 0.05) is 30.1 Å². The van der Waals surface area contributed by atoms with Gasteiger partial charge in [0.1, 0.15) is 18.1 Å². The zero-order valence-corrected chi connectivity index (χ0v) is 29.6. The lowest BCUT2D eigenvalue weighted by molar-refractivity contribution is -0.284. The molecule has 2 aromatic rings. The monoisotopic (exact) mass is 705 g/mol. The van der Waals surface area contributed by atoms with Gasteiger partial charge in [0.15, 0.2) is 0 Å². The number of benzene rings is 2. The van der Waals surface area contributed by atoms with E-state index in [1.54, 1.807) is 0 Å². The van der Waals surface area contributed by atoms with E-state index in [1.165, 1.54) is 22.9 Å². The summed E-state index contributed by atoms with van der Waals surface area (Å²) in [6.45, 7) is 4.84. The Morgan fingerprint density at radius 1 is 0.980 bits per heavy atom. The van der Waals surface area contributed by atoms with Gasteiger partial charge in [-0.3, -0.25) is 9.69 Å². The zero-order valence-electron chi connectivity index (χ0n) is 28.8. The molecule has 0 unspecified atom stereocenters. The van der Waals surface area contributed by atoms with Crippen LogP contribution in [0.2, 0.25) is 0 Å². The number of ketones is 1. The number of thioether (sulfide) groups is 1. The lowest BCUT2D eigenvalue weighted by atomic mass is 9.52. The highest BCUT2D eigenvalue weighted by Crippen LogP contribution is 2.61. The second-order valence-electron chi connectivity index (χ2n) is 15.4. The first-order valence-electron chi connectivity index (χ1n) is 18.6. The first kappa shape index (κ1) is 36.7. The SMILES string of the molecule is C[C@]12CC[C@@H]3c4ccc(OCc5ccccc5)cc4C[C@@H](CCCCCN4CCC[C@H]4CSCCCC(F)(F)C(F)(F)F)[C@H]3[C@@H]1CCC2=O. The number of alkyl halides is 5. The van der Waals surface area contributed by atoms with Gasteiger partial charge in [-0.25, -0.2) is 0 Å². The van der Waals surface area contributed by atoms with Crippen LogP contribution in [0.15, 0.2) is 48.5 Å². The van der Waals surface area contributed by atoms with Crippen LogP contribution in [0, 0.1) is 23.2 Å². The van der Waals surface area contributed by atoms with Crippen LogP contribution in [0.3, 0.4) is 0 Å². The Hall–Kier alpha value is -2.13. The van der Waals surface area contributed by atoms with Gasteiger partial charge in [-0.2, -0.15) is 33.7 Å². The molecule has 6 rings (SSSR count). The Balaban J connectivity index is 1.01. The number of nitrogens with zero attached hydrogens (tertiary/aromatic N) is 1. The maximum absolute atomic E-state index is 13.2. The fourth-order valence-corrected chi connectivity index (χ4v) is 10.9. The molecule has 3 nitrogen and oxygen atoms in total. The van der Waals surface area contributed by atoms with E-state index in [0.29, 0.717) is 47.9 Å². The maximum Gasteiger partial charge on any atom is 0.453 e. The summed E-state index contributed by atoms with van der Waals surface area (Å²) in [5.41, 5.74) is 3.88. The maximum atomic E-state index is 13.2. The van der Waals surface area contributed by atoms with Gasteiger partial charge in [0.05, 0.1) is 0 Å². The summed E-state index contributed by atoms with van der Waals surface area (Å²) in [5.74, 6) is -0.0101.